The number of methoxy groups -OCH3 is 2. The maximum Gasteiger partial charge on any atom is 0.363 e. The van der Waals surface area contributed by atoms with Gasteiger partial charge >= 0.3 is 5.97 Å². The second-order valence-electron chi connectivity index (χ2n) is 5.92. The summed E-state index contributed by atoms with van der Waals surface area (Å²) in [6.45, 7) is 0. The van der Waals surface area contributed by atoms with Gasteiger partial charge in [0.25, 0.3) is 0 Å². The fourth-order valence-corrected chi connectivity index (χ4v) is 2.49. The highest BCUT2D eigenvalue weighted by molar-refractivity contribution is 6.13. The molecule has 26 heavy (non-hydrogen) atoms. The number of hydrogen-bond donors (Lipinski definition) is 0. The van der Waals surface area contributed by atoms with Crippen LogP contribution in [0.4, 0.5) is 5.69 Å². The molecule has 0 radical (unpaired) electrons. The molecule has 6 heteroatoms. The predicted molar refractivity (Wildman–Crippen MR) is 101 cm³/mol. The summed E-state index contributed by atoms with van der Waals surface area (Å²) in [4.78, 5) is 18.5. The first-order valence-corrected chi connectivity index (χ1v) is 8.03. The number of nitrogens with zero attached hydrogens (tertiary/aromatic N) is 2. The summed E-state index contributed by atoms with van der Waals surface area (Å²) in [7, 11) is 7.06. The van der Waals surface area contributed by atoms with Crippen molar-refractivity contribution in [3.63, 3.8) is 0 Å². The van der Waals surface area contributed by atoms with E-state index in [2.05, 4.69) is 4.99 Å². The molecule has 0 aliphatic carbocycles. The molecule has 3 rings (SSSR count). The molecule has 6 nitrogen and oxygen atoms in total. The number of anilines is 1. The van der Waals surface area contributed by atoms with Crippen LogP contribution in [0.5, 0.6) is 11.5 Å². The van der Waals surface area contributed by atoms with Gasteiger partial charge in [0.05, 0.1) is 14.2 Å². The smallest absolute Gasteiger partial charge is 0.363 e. The first-order chi connectivity index (χ1) is 12.5. The number of cyclic esters (lactones) is 1. The summed E-state index contributed by atoms with van der Waals surface area (Å²) in [5.41, 5.74) is 2.81. The largest absolute Gasteiger partial charge is 0.497 e. The lowest BCUT2D eigenvalue weighted by Crippen LogP contribution is -2.08. The zero-order valence-electron chi connectivity index (χ0n) is 15.1. The van der Waals surface area contributed by atoms with Crippen molar-refractivity contribution in [2.75, 3.05) is 33.2 Å². The molecular weight excluding hydrogens is 332 g/mol. The lowest BCUT2D eigenvalue weighted by Gasteiger charge is -2.11. The summed E-state index contributed by atoms with van der Waals surface area (Å²) in [5.74, 6) is 0.923. The van der Waals surface area contributed by atoms with Crippen molar-refractivity contribution in [2.24, 2.45) is 4.99 Å². The van der Waals surface area contributed by atoms with Crippen molar-refractivity contribution in [1.82, 2.24) is 0 Å². The summed E-state index contributed by atoms with van der Waals surface area (Å²) in [6.07, 6.45) is 1.70. The summed E-state index contributed by atoms with van der Waals surface area (Å²) >= 11 is 0. The van der Waals surface area contributed by atoms with E-state index in [1.54, 1.807) is 38.5 Å². The third-order valence-corrected chi connectivity index (χ3v) is 3.93. The summed E-state index contributed by atoms with van der Waals surface area (Å²) < 4.78 is 15.8. The molecule has 0 bridgehead atoms. The Bertz CT molecular complexity index is 861. The van der Waals surface area contributed by atoms with Crippen molar-refractivity contribution in [1.29, 1.82) is 0 Å². The first kappa shape index (κ1) is 17.5. The van der Waals surface area contributed by atoms with Gasteiger partial charge in [-0.25, -0.2) is 9.79 Å². The maximum absolute atomic E-state index is 12.2. The Balaban J connectivity index is 1.91. The predicted octanol–water partition coefficient (Wildman–Crippen LogP) is 3.11. The van der Waals surface area contributed by atoms with Gasteiger partial charge in [0.2, 0.25) is 5.90 Å². The Morgan fingerprint density at radius 3 is 2.15 bits per heavy atom. The van der Waals surface area contributed by atoms with Gasteiger partial charge in [-0.15, -0.1) is 0 Å². The fraction of sp³-hybridized carbons (Fsp3) is 0.200. The first-order valence-electron chi connectivity index (χ1n) is 8.03. The number of esters is 1. The van der Waals surface area contributed by atoms with Crippen LogP contribution in [0, 0.1) is 0 Å². The standard InChI is InChI=1S/C20H20N2O4/c1-22(2)15-7-5-13(6-8-15)9-18-20(23)26-19(21-18)14-10-16(24-3)12-17(11-14)25-4/h5-12H,1-4H3/b18-9-. The molecule has 0 fully saturated rings. The molecule has 0 N–H and O–H groups in total. The van der Waals surface area contributed by atoms with Crippen LogP contribution in [0.1, 0.15) is 11.1 Å². The average molecular weight is 352 g/mol. The molecule has 2 aromatic carbocycles. The van der Waals surface area contributed by atoms with Gasteiger partial charge in [-0.05, 0) is 35.9 Å². The van der Waals surface area contributed by atoms with Crippen molar-refractivity contribution >= 4 is 23.6 Å². The topological polar surface area (TPSA) is 60.4 Å². The Morgan fingerprint density at radius 1 is 1.00 bits per heavy atom. The van der Waals surface area contributed by atoms with Crippen LogP contribution >= 0.6 is 0 Å². The number of aliphatic imine (C=N–C) groups is 1. The van der Waals surface area contributed by atoms with Crippen molar-refractivity contribution in [3.05, 3.63) is 59.3 Å². The van der Waals surface area contributed by atoms with E-state index in [-0.39, 0.29) is 11.6 Å². The van der Waals surface area contributed by atoms with E-state index >= 15 is 0 Å². The van der Waals surface area contributed by atoms with Gasteiger partial charge in [-0.1, -0.05) is 12.1 Å². The van der Waals surface area contributed by atoms with E-state index in [1.807, 2.05) is 43.3 Å². The number of rotatable bonds is 5. The van der Waals surface area contributed by atoms with Crippen LogP contribution in [0.2, 0.25) is 0 Å². The van der Waals surface area contributed by atoms with E-state index in [1.165, 1.54) is 0 Å². The van der Waals surface area contributed by atoms with E-state index in [0.717, 1.165) is 11.3 Å². The monoisotopic (exact) mass is 352 g/mol. The minimum absolute atomic E-state index is 0.225. The van der Waals surface area contributed by atoms with Crippen LogP contribution in [-0.4, -0.2) is 40.2 Å². The highest BCUT2D eigenvalue weighted by atomic mass is 16.6. The molecule has 0 saturated heterocycles. The molecule has 1 aliphatic heterocycles. The van der Waals surface area contributed by atoms with Crippen LogP contribution in [0.3, 0.4) is 0 Å². The van der Waals surface area contributed by atoms with Crippen LogP contribution in [0.25, 0.3) is 6.08 Å². The zero-order chi connectivity index (χ0) is 18.7. The molecular formula is C20H20N2O4. The molecule has 0 atom stereocenters. The highest BCUT2D eigenvalue weighted by Gasteiger charge is 2.25. The third kappa shape index (κ3) is 3.69. The number of ether oxygens (including phenoxy) is 3. The zero-order valence-corrected chi connectivity index (χ0v) is 15.1. The van der Waals surface area contributed by atoms with Gasteiger partial charge in [0, 0.05) is 31.4 Å². The average Bonchev–Trinajstić information content (AvgIpc) is 3.02. The maximum atomic E-state index is 12.2. The van der Waals surface area contributed by atoms with Gasteiger partial charge in [-0.2, -0.15) is 0 Å². The lowest BCUT2D eigenvalue weighted by atomic mass is 10.1. The molecule has 0 aromatic heterocycles. The van der Waals surface area contributed by atoms with Gasteiger partial charge in [0.1, 0.15) is 11.5 Å². The molecule has 134 valence electrons. The van der Waals surface area contributed by atoms with Gasteiger partial charge < -0.3 is 19.1 Å². The fourth-order valence-electron chi connectivity index (χ4n) is 2.49. The second-order valence-corrected chi connectivity index (χ2v) is 5.92. The Morgan fingerprint density at radius 2 is 1.62 bits per heavy atom. The number of carbonyl (C=O) groups is 1. The molecule has 2 aromatic rings. The van der Waals surface area contributed by atoms with Gasteiger partial charge in [0.15, 0.2) is 5.70 Å². The van der Waals surface area contributed by atoms with E-state index in [4.69, 9.17) is 14.2 Å². The second kappa shape index (κ2) is 7.31. The molecule has 0 saturated carbocycles. The van der Waals surface area contributed by atoms with Crippen LogP contribution in [-0.2, 0) is 9.53 Å². The molecule has 0 unspecified atom stereocenters. The van der Waals surface area contributed by atoms with Crippen LogP contribution < -0.4 is 14.4 Å². The number of carbonyl (C=O) groups excluding carboxylic acids is 1. The third-order valence-electron chi connectivity index (χ3n) is 3.93. The minimum Gasteiger partial charge on any atom is -0.497 e. The quantitative estimate of drug-likeness (QED) is 0.611. The van der Waals surface area contributed by atoms with E-state index in [0.29, 0.717) is 17.1 Å². The molecule has 1 aliphatic rings. The normalized spacial score (nSPS) is 14.8. The van der Waals surface area contributed by atoms with Crippen molar-refractivity contribution in [3.8, 4) is 11.5 Å². The minimum atomic E-state index is -0.488. The number of benzene rings is 2. The molecule has 0 amide bonds. The lowest BCUT2D eigenvalue weighted by molar-refractivity contribution is -0.129. The van der Waals surface area contributed by atoms with Crippen LogP contribution in [0.15, 0.2) is 53.2 Å². The SMILES string of the molecule is COc1cc(OC)cc(C2=N/C(=C\c3ccc(N(C)C)cc3)C(=O)O2)c1. The van der Waals surface area contributed by atoms with Crippen molar-refractivity contribution < 1.29 is 19.0 Å². The number of hydrogen-bond acceptors (Lipinski definition) is 6. The summed E-state index contributed by atoms with van der Waals surface area (Å²) in [6, 6.07) is 13.0. The van der Waals surface area contributed by atoms with E-state index < -0.39 is 5.97 Å². The molecule has 0 spiro atoms. The summed E-state index contributed by atoms with van der Waals surface area (Å²) in [5, 5.41) is 0. The van der Waals surface area contributed by atoms with Crippen molar-refractivity contribution in [2.45, 2.75) is 0 Å². The Kier molecular flexibility index (Phi) is 4.93. The highest BCUT2D eigenvalue weighted by Crippen LogP contribution is 2.26. The van der Waals surface area contributed by atoms with Gasteiger partial charge in [-0.3, -0.25) is 0 Å². The molecule has 1 heterocycles. The Labute approximate surface area is 152 Å². The van der Waals surface area contributed by atoms with E-state index in [9.17, 15) is 4.79 Å². The Hall–Kier alpha value is -3.28.